The van der Waals surface area contributed by atoms with E-state index in [0.717, 1.165) is 22.2 Å². The molecule has 0 atom stereocenters. The molecular formula is C20H22N4OS. The van der Waals surface area contributed by atoms with E-state index >= 15 is 0 Å². The Hall–Kier alpha value is -2.86. The van der Waals surface area contributed by atoms with Crippen LogP contribution in [0.15, 0.2) is 54.7 Å². The Balaban J connectivity index is 1.50. The van der Waals surface area contributed by atoms with Gasteiger partial charge in [0.15, 0.2) is 5.11 Å². The predicted molar refractivity (Wildman–Crippen MR) is 110 cm³/mol. The number of rotatable bonds is 4. The molecule has 2 aromatic carbocycles. The van der Waals surface area contributed by atoms with Crippen LogP contribution < -0.4 is 16.2 Å². The Bertz CT molecular complexity index is 915. The summed E-state index contributed by atoms with van der Waals surface area (Å²) in [5.74, 6) is 0.326. The minimum atomic E-state index is -0.158. The maximum absolute atomic E-state index is 12.2. The van der Waals surface area contributed by atoms with Gasteiger partial charge in [-0.05, 0) is 47.5 Å². The number of aromatic nitrogens is 1. The number of nitrogens with one attached hydrogen (secondary N) is 4. The third-order valence-corrected chi connectivity index (χ3v) is 4.38. The van der Waals surface area contributed by atoms with Crippen molar-refractivity contribution in [3.8, 4) is 0 Å². The Kier molecular flexibility index (Phi) is 5.53. The number of para-hydroxylation sites is 1. The number of carbonyl (C=O) groups excluding carboxylic acids is 1. The summed E-state index contributed by atoms with van der Waals surface area (Å²) in [6, 6.07) is 16.0. The van der Waals surface area contributed by atoms with Crippen LogP contribution in [0.2, 0.25) is 0 Å². The lowest BCUT2D eigenvalue weighted by Gasteiger charge is -2.12. The van der Waals surface area contributed by atoms with E-state index in [2.05, 4.69) is 47.1 Å². The quantitative estimate of drug-likeness (QED) is 0.418. The number of amides is 1. The summed E-state index contributed by atoms with van der Waals surface area (Å²) >= 11 is 5.22. The monoisotopic (exact) mass is 366 g/mol. The Labute approximate surface area is 158 Å². The molecule has 4 N–H and O–H groups in total. The van der Waals surface area contributed by atoms with Gasteiger partial charge >= 0.3 is 0 Å². The molecule has 0 unspecified atom stereocenters. The number of H-pyrrole nitrogens is 1. The zero-order chi connectivity index (χ0) is 18.5. The standard InChI is InChI=1S/C20H22N4OS/c1-13(2)14-7-9-16(10-8-14)22-20(26)24-23-19(25)11-15-12-21-18-6-4-3-5-17(15)18/h3-10,12-13,21H,11H2,1-2H3,(H,23,25)(H2,22,24,26). The topological polar surface area (TPSA) is 68.9 Å². The van der Waals surface area contributed by atoms with Crippen LogP contribution in [-0.2, 0) is 11.2 Å². The average Bonchev–Trinajstić information content (AvgIpc) is 3.03. The van der Waals surface area contributed by atoms with E-state index in [1.165, 1.54) is 5.56 Å². The second-order valence-corrected chi connectivity index (χ2v) is 6.85. The molecular weight excluding hydrogens is 344 g/mol. The van der Waals surface area contributed by atoms with E-state index in [4.69, 9.17) is 12.2 Å². The first kappa shape index (κ1) is 17.9. The highest BCUT2D eigenvalue weighted by atomic mass is 32.1. The van der Waals surface area contributed by atoms with E-state index in [-0.39, 0.29) is 12.3 Å². The molecule has 1 heterocycles. The van der Waals surface area contributed by atoms with Crippen molar-refractivity contribution >= 4 is 39.8 Å². The summed E-state index contributed by atoms with van der Waals surface area (Å²) in [7, 11) is 0. The minimum Gasteiger partial charge on any atom is -0.361 e. The van der Waals surface area contributed by atoms with Gasteiger partial charge < -0.3 is 10.3 Å². The van der Waals surface area contributed by atoms with Crippen LogP contribution in [0.3, 0.4) is 0 Å². The third kappa shape index (κ3) is 4.40. The van der Waals surface area contributed by atoms with Crippen LogP contribution in [0, 0.1) is 0 Å². The third-order valence-electron chi connectivity index (χ3n) is 4.18. The number of hydrogen-bond acceptors (Lipinski definition) is 2. The summed E-state index contributed by atoms with van der Waals surface area (Å²) < 4.78 is 0. The molecule has 0 aliphatic heterocycles. The van der Waals surface area contributed by atoms with E-state index < -0.39 is 0 Å². The normalized spacial score (nSPS) is 10.7. The highest BCUT2D eigenvalue weighted by Crippen LogP contribution is 2.18. The number of fused-ring (bicyclic) bond motifs is 1. The van der Waals surface area contributed by atoms with Crippen molar-refractivity contribution in [3.63, 3.8) is 0 Å². The molecule has 0 bridgehead atoms. The van der Waals surface area contributed by atoms with Crippen molar-refractivity contribution < 1.29 is 4.79 Å². The highest BCUT2D eigenvalue weighted by molar-refractivity contribution is 7.80. The van der Waals surface area contributed by atoms with E-state index in [1.54, 1.807) is 0 Å². The van der Waals surface area contributed by atoms with Crippen molar-refractivity contribution in [1.29, 1.82) is 0 Å². The molecule has 0 radical (unpaired) electrons. The van der Waals surface area contributed by atoms with Gasteiger partial charge in [0, 0.05) is 22.8 Å². The van der Waals surface area contributed by atoms with Gasteiger partial charge in [-0.3, -0.25) is 15.6 Å². The van der Waals surface area contributed by atoms with Crippen LogP contribution >= 0.6 is 12.2 Å². The summed E-state index contributed by atoms with van der Waals surface area (Å²) in [5, 5.41) is 4.44. The lowest BCUT2D eigenvalue weighted by molar-refractivity contribution is -0.120. The fourth-order valence-corrected chi connectivity index (χ4v) is 2.90. The summed E-state index contributed by atoms with van der Waals surface area (Å²) in [6.07, 6.45) is 2.12. The van der Waals surface area contributed by atoms with Crippen molar-refractivity contribution in [1.82, 2.24) is 15.8 Å². The molecule has 3 aromatic rings. The predicted octanol–water partition coefficient (Wildman–Crippen LogP) is 3.85. The molecule has 0 aliphatic rings. The van der Waals surface area contributed by atoms with E-state index in [9.17, 15) is 4.79 Å². The molecule has 0 saturated heterocycles. The highest BCUT2D eigenvalue weighted by Gasteiger charge is 2.09. The van der Waals surface area contributed by atoms with Crippen LogP contribution in [0.25, 0.3) is 10.9 Å². The number of benzene rings is 2. The average molecular weight is 366 g/mol. The number of hydrogen-bond donors (Lipinski definition) is 4. The first-order valence-electron chi connectivity index (χ1n) is 8.53. The zero-order valence-electron chi connectivity index (χ0n) is 14.8. The molecule has 1 amide bonds. The van der Waals surface area contributed by atoms with Crippen LogP contribution in [0.5, 0.6) is 0 Å². The fourth-order valence-electron chi connectivity index (χ4n) is 2.74. The lowest BCUT2D eigenvalue weighted by Crippen LogP contribution is -2.44. The van der Waals surface area contributed by atoms with Crippen molar-refractivity contribution in [2.75, 3.05) is 5.32 Å². The summed E-state index contributed by atoms with van der Waals surface area (Å²) in [5.41, 5.74) is 9.47. The van der Waals surface area contributed by atoms with Gasteiger partial charge in [-0.15, -0.1) is 0 Å². The number of aromatic amines is 1. The number of thiocarbonyl (C=S) groups is 1. The molecule has 134 valence electrons. The van der Waals surface area contributed by atoms with E-state index in [0.29, 0.717) is 11.0 Å². The molecule has 0 saturated carbocycles. The van der Waals surface area contributed by atoms with Gasteiger partial charge in [-0.2, -0.15) is 0 Å². The first-order valence-corrected chi connectivity index (χ1v) is 8.94. The largest absolute Gasteiger partial charge is 0.361 e. The maximum atomic E-state index is 12.2. The second-order valence-electron chi connectivity index (χ2n) is 6.44. The first-order chi connectivity index (χ1) is 12.5. The van der Waals surface area contributed by atoms with Gasteiger partial charge in [0.1, 0.15) is 0 Å². The van der Waals surface area contributed by atoms with E-state index in [1.807, 2.05) is 42.6 Å². The van der Waals surface area contributed by atoms with Gasteiger partial charge in [0.2, 0.25) is 5.91 Å². The number of hydrazine groups is 1. The second kappa shape index (κ2) is 8.01. The molecule has 26 heavy (non-hydrogen) atoms. The van der Waals surface area contributed by atoms with Crippen LogP contribution in [-0.4, -0.2) is 16.0 Å². The molecule has 0 fully saturated rings. The zero-order valence-corrected chi connectivity index (χ0v) is 15.6. The van der Waals surface area contributed by atoms with Crippen molar-refractivity contribution in [2.24, 2.45) is 0 Å². The smallest absolute Gasteiger partial charge is 0.242 e. The van der Waals surface area contributed by atoms with Crippen LogP contribution in [0.4, 0.5) is 5.69 Å². The Morgan fingerprint density at radius 3 is 2.54 bits per heavy atom. The maximum Gasteiger partial charge on any atom is 0.242 e. The van der Waals surface area contributed by atoms with Gasteiger partial charge in [-0.1, -0.05) is 44.2 Å². The van der Waals surface area contributed by atoms with Gasteiger partial charge in [0.05, 0.1) is 6.42 Å². The summed E-state index contributed by atoms with van der Waals surface area (Å²) in [4.78, 5) is 15.3. The Morgan fingerprint density at radius 1 is 1.08 bits per heavy atom. The van der Waals surface area contributed by atoms with Crippen molar-refractivity contribution in [2.45, 2.75) is 26.2 Å². The SMILES string of the molecule is CC(C)c1ccc(NC(=S)NNC(=O)Cc2c[nH]c3ccccc23)cc1. The van der Waals surface area contributed by atoms with Crippen molar-refractivity contribution in [3.05, 3.63) is 65.9 Å². The molecule has 6 heteroatoms. The lowest BCUT2D eigenvalue weighted by atomic mass is 10.0. The van der Waals surface area contributed by atoms with Crippen LogP contribution in [0.1, 0.15) is 30.9 Å². The molecule has 1 aromatic heterocycles. The molecule has 0 spiro atoms. The molecule has 0 aliphatic carbocycles. The molecule has 5 nitrogen and oxygen atoms in total. The number of anilines is 1. The molecule has 3 rings (SSSR count). The number of carbonyl (C=O) groups is 1. The van der Waals surface area contributed by atoms with Gasteiger partial charge in [-0.25, -0.2) is 0 Å². The van der Waals surface area contributed by atoms with Gasteiger partial charge in [0.25, 0.3) is 0 Å². The minimum absolute atomic E-state index is 0.158. The fraction of sp³-hybridized carbons (Fsp3) is 0.200. The Morgan fingerprint density at radius 2 is 1.81 bits per heavy atom. The summed E-state index contributed by atoms with van der Waals surface area (Å²) in [6.45, 7) is 4.30.